The molecule has 2 aliphatic rings. The summed E-state index contributed by atoms with van der Waals surface area (Å²) in [5.74, 6) is 0.411. The van der Waals surface area contributed by atoms with E-state index in [0.29, 0.717) is 18.5 Å². The molecule has 1 aliphatic heterocycles. The Labute approximate surface area is 151 Å². The molecule has 25 heavy (non-hydrogen) atoms. The van der Waals surface area contributed by atoms with Crippen molar-refractivity contribution in [1.29, 1.82) is 0 Å². The van der Waals surface area contributed by atoms with Gasteiger partial charge in [0.25, 0.3) is 5.91 Å². The molecule has 0 bridgehead atoms. The Balaban J connectivity index is 1.36. The van der Waals surface area contributed by atoms with Crippen molar-refractivity contribution in [1.82, 2.24) is 30.6 Å². The van der Waals surface area contributed by atoms with Crippen molar-refractivity contribution in [2.75, 3.05) is 13.1 Å². The lowest BCUT2D eigenvalue weighted by Crippen LogP contribution is -2.29. The van der Waals surface area contributed by atoms with Crippen molar-refractivity contribution in [3.63, 3.8) is 0 Å². The maximum absolute atomic E-state index is 12.6. The first-order chi connectivity index (χ1) is 12.3. The van der Waals surface area contributed by atoms with Gasteiger partial charge in [0.05, 0.1) is 30.0 Å². The Bertz CT molecular complexity index is 714. The second-order valence-corrected chi connectivity index (χ2v) is 7.76. The number of thiazole rings is 1. The largest absolute Gasteiger partial charge is 0.345 e. The maximum atomic E-state index is 12.6. The zero-order chi connectivity index (χ0) is 17.1. The summed E-state index contributed by atoms with van der Waals surface area (Å²) in [4.78, 5) is 17.8. The average molecular weight is 360 g/mol. The molecular formula is C17H24N6OS. The number of hydrogen-bond donors (Lipinski definition) is 2. The highest BCUT2D eigenvalue weighted by molar-refractivity contribution is 7.11. The van der Waals surface area contributed by atoms with Crippen LogP contribution in [-0.4, -0.2) is 39.0 Å². The Morgan fingerprint density at radius 2 is 2.08 bits per heavy atom. The first kappa shape index (κ1) is 16.7. The van der Waals surface area contributed by atoms with Crippen molar-refractivity contribution >= 4 is 17.2 Å². The summed E-state index contributed by atoms with van der Waals surface area (Å²) < 4.78 is 1.94. The molecule has 2 fully saturated rings. The van der Waals surface area contributed by atoms with Crippen molar-refractivity contribution in [3.8, 4) is 0 Å². The van der Waals surface area contributed by atoms with Gasteiger partial charge in [-0.05, 0) is 38.8 Å². The summed E-state index contributed by atoms with van der Waals surface area (Å²) in [6, 6.07) is 0.411. The number of amides is 1. The standard InChI is InChI=1S/C17H24N6OS/c24-17(16-15(20-11-25-16)12-3-1-2-4-12)19-9-13-10-23(22-21-13)14-5-7-18-8-6-14/h10-12,14,18H,1-9H2,(H,19,24). The third-order valence-electron chi connectivity index (χ3n) is 5.21. The van der Waals surface area contributed by atoms with Crippen LogP contribution in [0.15, 0.2) is 11.7 Å². The number of hydrogen-bond acceptors (Lipinski definition) is 6. The van der Waals surface area contributed by atoms with Gasteiger partial charge in [0, 0.05) is 5.92 Å². The minimum Gasteiger partial charge on any atom is -0.345 e. The van der Waals surface area contributed by atoms with Gasteiger partial charge in [-0.1, -0.05) is 18.1 Å². The quantitative estimate of drug-likeness (QED) is 0.854. The number of carbonyl (C=O) groups excluding carboxylic acids is 1. The number of nitrogens with one attached hydrogen (secondary N) is 2. The normalized spacial score (nSPS) is 19.4. The lowest BCUT2D eigenvalue weighted by Gasteiger charge is -2.22. The van der Waals surface area contributed by atoms with E-state index in [4.69, 9.17) is 0 Å². The molecule has 0 unspecified atom stereocenters. The van der Waals surface area contributed by atoms with Gasteiger partial charge in [-0.2, -0.15) is 0 Å². The molecule has 1 saturated heterocycles. The highest BCUT2D eigenvalue weighted by Gasteiger charge is 2.25. The summed E-state index contributed by atoms with van der Waals surface area (Å²) in [6.45, 7) is 2.45. The molecule has 134 valence electrons. The maximum Gasteiger partial charge on any atom is 0.263 e. The number of nitrogens with zero attached hydrogens (tertiary/aromatic N) is 4. The molecule has 0 aromatic carbocycles. The summed E-state index contributed by atoms with van der Waals surface area (Å²) in [5.41, 5.74) is 3.58. The number of carbonyl (C=O) groups is 1. The fourth-order valence-electron chi connectivity index (χ4n) is 3.81. The van der Waals surface area contributed by atoms with Gasteiger partial charge in [0.1, 0.15) is 10.6 Å². The minimum atomic E-state index is -0.0409. The van der Waals surface area contributed by atoms with Crippen LogP contribution in [0.2, 0.25) is 0 Å². The van der Waals surface area contributed by atoms with Crippen LogP contribution in [0.4, 0.5) is 0 Å². The van der Waals surface area contributed by atoms with Gasteiger partial charge in [-0.25, -0.2) is 9.67 Å². The summed E-state index contributed by atoms with van der Waals surface area (Å²) in [6.07, 6.45) is 8.87. The van der Waals surface area contributed by atoms with Gasteiger partial charge in [0.15, 0.2) is 0 Å². The molecule has 2 aromatic heterocycles. The smallest absolute Gasteiger partial charge is 0.263 e. The van der Waals surface area contributed by atoms with Crippen LogP contribution in [0.3, 0.4) is 0 Å². The third kappa shape index (κ3) is 3.74. The van der Waals surface area contributed by atoms with Gasteiger partial charge in [0.2, 0.25) is 0 Å². The first-order valence-corrected chi connectivity index (χ1v) is 10.0. The van der Waals surface area contributed by atoms with Crippen LogP contribution in [0.1, 0.15) is 71.5 Å². The topological polar surface area (TPSA) is 84.7 Å². The molecule has 4 rings (SSSR count). The van der Waals surface area contributed by atoms with E-state index in [9.17, 15) is 4.79 Å². The second-order valence-electron chi connectivity index (χ2n) is 6.90. The lowest BCUT2D eigenvalue weighted by atomic mass is 10.0. The molecule has 8 heteroatoms. The van der Waals surface area contributed by atoms with E-state index in [2.05, 4.69) is 25.9 Å². The van der Waals surface area contributed by atoms with Gasteiger partial charge in [-0.3, -0.25) is 4.79 Å². The van der Waals surface area contributed by atoms with E-state index in [1.807, 2.05) is 10.9 Å². The fourth-order valence-corrected chi connectivity index (χ4v) is 4.60. The van der Waals surface area contributed by atoms with Crippen LogP contribution in [0.25, 0.3) is 0 Å². The minimum absolute atomic E-state index is 0.0409. The van der Waals surface area contributed by atoms with Crippen LogP contribution in [0, 0.1) is 0 Å². The van der Waals surface area contributed by atoms with E-state index in [-0.39, 0.29) is 5.91 Å². The van der Waals surface area contributed by atoms with Crippen LogP contribution < -0.4 is 10.6 Å². The van der Waals surface area contributed by atoms with E-state index >= 15 is 0 Å². The second kappa shape index (κ2) is 7.61. The predicted molar refractivity (Wildman–Crippen MR) is 95.7 cm³/mol. The Morgan fingerprint density at radius 1 is 1.28 bits per heavy atom. The van der Waals surface area contributed by atoms with Crippen molar-refractivity contribution in [3.05, 3.63) is 28.0 Å². The molecule has 1 amide bonds. The summed E-state index contributed by atoms with van der Waals surface area (Å²) >= 11 is 1.44. The molecule has 3 heterocycles. The molecule has 2 N–H and O–H groups in total. The fraction of sp³-hybridized carbons (Fsp3) is 0.647. The number of aromatic nitrogens is 4. The van der Waals surface area contributed by atoms with Crippen LogP contribution >= 0.6 is 11.3 Å². The highest BCUT2D eigenvalue weighted by Crippen LogP contribution is 2.36. The third-order valence-corrected chi connectivity index (χ3v) is 6.05. The Morgan fingerprint density at radius 3 is 2.88 bits per heavy atom. The monoisotopic (exact) mass is 360 g/mol. The molecule has 1 saturated carbocycles. The lowest BCUT2D eigenvalue weighted by molar-refractivity contribution is 0.0953. The Kier molecular flexibility index (Phi) is 5.07. The van der Waals surface area contributed by atoms with E-state index in [1.165, 1.54) is 24.2 Å². The van der Waals surface area contributed by atoms with Crippen molar-refractivity contribution < 1.29 is 4.79 Å². The van der Waals surface area contributed by atoms with E-state index < -0.39 is 0 Å². The molecule has 0 radical (unpaired) electrons. The zero-order valence-electron chi connectivity index (χ0n) is 14.3. The molecule has 0 spiro atoms. The van der Waals surface area contributed by atoms with Crippen molar-refractivity contribution in [2.24, 2.45) is 0 Å². The number of rotatable bonds is 5. The predicted octanol–water partition coefficient (Wildman–Crippen LogP) is 2.25. The van der Waals surface area contributed by atoms with Gasteiger partial charge >= 0.3 is 0 Å². The van der Waals surface area contributed by atoms with E-state index in [0.717, 1.165) is 55.0 Å². The average Bonchev–Trinajstić information content (AvgIpc) is 3.41. The number of piperidine rings is 1. The van der Waals surface area contributed by atoms with Gasteiger partial charge < -0.3 is 10.6 Å². The van der Waals surface area contributed by atoms with Crippen LogP contribution in [-0.2, 0) is 6.54 Å². The first-order valence-electron chi connectivity index (χ1n) is 9.14. The molecule has 7 nitrogen and oxygen atoms in total. The summed E-state index contributed by atoms with van der Waals surface area (Å²) in [7, 11) is 0. The Hall–Kier alpha value is -1.80. The summed E-state index contributed by atoms with van der Waals surface area (Å²) in [5, 5.41) is 14.8. The molecule has 0 atom stereocenters. The van der Waals surface area contributed by atoms with Gasteiger partial charge in [-0.15, -0.1) is 16.4 Å². The molecular weight excluding hydrogens is 336 g/mol. The molecule has 2 aromatic rings. The highest BCUT2D eigenvalue weighted by atomic mass is 32.1. The SMILES string of the molecule is O=C(NCc1cn(C2CCNCC2)nn1)c1scnc1C1CCCC1. The van der Waals surface area contributed by atoms with Crippen molar-refractivity contribution in [2.45, 2.75) is 57.0 Å². The zero-order valence-corrected chi connectivity index (χ0v) is 15.1. The van der Waals surface area contributed by atoms with E-state index in [1.54, 1.807) is 5.51 Å². The van der Waals surface area contributed by atoms with Crippen LogP contribution in [0.5, 0.6) is 0 Å². The molecule has 1 aliphatic carbocycles.